The highest BCUT2D eigenvalue weighted by molar-refractivity contribution is 7.99. The van der Waals surface area contributed by atoms with Gasteiger partial charge in [-0.15, -0.1) is 10.2 Å². The molecule has 0 aliphatic heterocycles. The minimum absolute atomic E-state index is 0.0975. The van der Waals surface area contributed by atoms with E-state index in [1.165, 1.54) is 17.3 Å². The molecule has 1 amide bonds. The summed E-state index contributed by atoms with van der Waals surface area (Å²) >= 11 is 1.32. The molecule has 0 bridgehead atoms. The molecular weight excluding hydrogens is 384 g/mol. The summed E-state index contributed by atoms with van der Waals surface area (Å²) < 4.78 is 3.71. The molecule has 0 radical (unpaired) electrons. The monoisotopic (exact) mass is 404 g/mol. The summed E-state index contributed by atoms with van der Waals surface area (Å²) in [7, 11) is 0. The lowest BCUT2D eigenvalue weighted by Gasteiger charge is -2.11. The van der Waals surface area contributed by atoms with Crippen molar-refractivity contribution in [3.8, 4) is 11.5 Å². The normalized spacial score (nSPS) is 10.8. The molecule has 4 aromatic rings. The number of nitrogens with one attached hydrogen (secondary N) is 1. The van der Waals surface area contributed by atoms with Crippen LogP contribution in [0.3, 0.4) is 0 Å². The van der Waals surface area contributed by atoms with E-state index in [1.54, 1.807) is 6.20 Å². The second kappa shape index (κ2) is 8.32. The third-order valence-electron chi connectivity index (χ3n) is 4.45. The molecule has 0 aliphatic rings. The van der Waals surface area contributed by atoms with Gasteiger partial charge in [-0.1, -0.05) is 23.9 Å². The SMILES string of the molecule is Cc1ccc(NC(=O)CSc2nnc(-c3ccccn3)n2-n2cccc2)cc1C. The van der Waals surface area contributed by atoms with Crippen molar-refractivity contribution in [1.82, 2.24) is 24.5 Å². The zero-order valence-electron chi connectivity index (χ0n) is 16.1. The number of anilines is 1. The first-order valence-electron chi connectivity index (χ1n) is 9.12. The summed E-state index contributed by atoms with van der Waals surface area (Å²) in [6.07, 6.45) is 5.51. The number of aryl methyl sites for hydroxylation is 2. The van der Waals surface area contributed by atoms with E-state index in [0.29, 0.717) is 16.7 Å². The Morgan fingerprint density at radius 1 is 1.03 bits per heavy atom. The zero-order chi connectivity index (χ0) is 20.2. The predicted molar refractivity (Wildman–Crippen MR) is 114 cm³/mol. The van der Waals surface area contributed by atoms with Crippen LogP contribution in [0.1, 0.15) is 11.1 Å². The Bertz CT molecular complexity index is 1120. The average Bonchev–Trinajstić information content (AvgIpc) is 3.39. The van der Waals surface area contributed by atoms with Crippen LogP contribution in [-0.4, -0.2) is 36.2 Å². The van der Waals surface area contributed by atoms with Gasteiger partial charge in [-0.3, -0.25) is 14.5 Å². The van der Waals surface area contributed by atoms with Crippen LogP contribution in [0.15, 0.2) is 72.3 Å². The second-order valence-corrected chi connectivity index (χ2v) is 7.47. The van der Waals surface area contributed by atoms with Gasteiger partial charge in [-0.2, -0.15) is 0 Å². The molecule has 3 heterocycles. The number of nitrogens with zero attached hydrogens (tertiary/aromatic N) is 5. The maximum Gasteiger partial charge on any atom is 0.234 e. The molecule has 1 aromatic carbocycles. The lowest BCUT2D eigenvalue weighted by molar-refractivity contribution is -0.113. The van der Waals surface area contributed by atoms with Crippen LogP contribution in [0.25, 0.3) is 11.5 Å². The summed E-state index contributed by atoms with van der Waals surface area (Å²) in [6.45, 7) is 4.07. The van der Waals surface area contributed by atoms with Crippen molar-refractivity contribution in [1.29, 1.82) is 0 Å². The van der Waals surface area contributed by atoms with Crippen LogP contribution in [0.5, 0.6) is 0 Å². The number of amides is 1. The molecule has 3 aromatic heterocycles. The summed E-state index contributed by atoms with van der Waals surface area (Å²) in [5.74, 6) is 0.729. The number of hydrogen-bond acceptors (Lipinski definition) is 5. The number of aromatic nitrogens is 5. The predicted octanol–water partition coefficient (Wildman–Crippen LogP) is 3.80. The largest absolute Gasteiger partial charge is 0.325 e. The van der Waals surface area contributed by atoms with Crippen LogP contribution in [0.4, 0.5) is 5.69 Å². The number of hydrogen-bond donors (Lipinski definition) is 1. The number of benzene rings is 1. The summed E-state index contributed by atoms with van der Waals surface area (Å²) in [4.78, 5) is 16.8. The van der Waals surface area contributed by atoms with Gasteiger partial charge in [0.1, 0.15) is 5.69 Å². The van der Waals surface area contributed by atoms with Crippen LogP contribution >= 0.6 is 11.8 Å². The Morgan fingerprint density at radius 3 is 2.59 bits per heavy atom. The molecule has 0 unspecified atom stereocenters. The fourth-order valence-corrected chi connectivity index (χ4v) is 3.56. The highest BCUT2D eigenvalue weighted by Gasteiger charge is 2.17. The van der Waals surface area contributed by atoms with Crippen molar-refractivity contribution >= 4 is 23.4 Å². The van der Waals surface area contributed by atoms with Crippen LogP contribution in [0.2, 0.25) is 0 Å². The van der Waals surface area contributed by atoms with Crippen molar-refractivity contribution in [3.63, 3.8) is 0 Å². The minimum atomic E-state index is -0.0975. The van der Waals surface area contributed by atoms with E-state index < -0.39 is 0 Å². The minimum Gasteiger partial charge on any atom is -0.325 e. The first-order valence-corrected chi connectivity index (χ1v) is 10.1. The average molecular weight is 404 g/mol. The zero-order valence-corrected chi connectivity index (χ0v) is 16.9. The van der Waals surface area contributed by atoms with Crippen molar-refractivity contribution in [2.24, 2.45) is 0 Å². The Labute approximate surface area is 172 Å². The first-order chi connectivity index (χ1) is 14.1. The maximum absolute atomic E-state index is 12.4. The molecule has 0 spiro atoms. The molecule has 0 atom stereocenters. The van der Waals surface area contributed by atoms with Gasteiger partial charge in [-0.25, -0.2) is 4.68 Å². The van der Waals surface area contributed by atoms with Gasteiger partial charge in [-0.05, 0) is 61.4 Å². The van der Waals surface area contributed by atoms with E-state index in [-0.39, 0.29) is 11.7 Å². The highest BCUT2D eigenvalue weighted by atomic mass is 32.2. The molecule has 0 fully saturated rings. The molecule has 146 valence electrons. The van der Waals surface area contributed by atoms with Crippen molar-refractivity contribution in [2.75, 3.05) is 11.1 Å². The highest BCUT2D eigenvalue weighted by Crippen LogP contribution is 2.23. The van der Waals surface area contributed by atoms with E-state index in [1.807, 2.05) is 84.1 Å². The molecule has 8 heteroatoms. The third kappa shape index (κ3) is 4.22. The Morgan fingerprint density at radius 2 is 1.86 bits per heavy atom. The number of rotatable bonds is 6. The Kier molecular flexibility index (Phi) is 5.44. The number of carbonyl (C=O) groups is 1. The van der Waals surface area contributed by atoms with Gasteiger partial charge in [0.25, 0.3) is 0 Å². The van der Waals surface area contributed by atoms with Crippen LogP contribution in [0, 0.1) is 13.8 Å². The molecule has 0 saturated carbocycles. The van der Waals surface area contributed by atoms with Gasteiger partial charge in [0.2, 0.25) is 16.9 Å². The maximum atomic E-state index is 12.4. The first kappa shape index (κ1) is 18.9. The van der Waals surface area contributed by atoms with Gasteiger partial charge >= 0.3 is 0 Å². The fraction of sp³-hybridized carbons (Fsp3) is 0.143. The van der Waals surface area contributed by atoms with Gasteiger partial charge in [0.15, 0.2) is 0 Å². The Balaban J connectivity index is 1.53. The third-order valence-corrected chi connectivity index (χ3v) is 5.37. The van der Waals surface area contributed by atoms with Crippen molar-refractivity contribution < 1.29 is 4.79 Å². The molecule has 4 rings (SSSR count). The summed E-state index contributed by atoms with van der Waals surface area (Å²) in [5, 5.41) is 12.1. The molecule has 0 aliphatic carbocycles. The summed E-state index contributed by atoms with van der Waals surface area (Å²) in [5.41, 5.74) is 3.84. The van der Waals surface area contributed by atoms with Gasteiger partial charge < -0.3 is 5.32 Å². The molecule has 29 heavy (non-hydrogen) atoms. The molecule has 1 N–H and O–H groups in total. The quantitative estimate of drug-likeness (QED) is 0.495. The Hall–Kier alpha value is -3.39. The van der Waals surface area contributed by atoms with E-state index >= 15 is 0 Å². The van der Waals surface area contributed by atoms with E-state index in [2.05, 4.69) is 20.5 Å². The van der Waals surface area contributed by atoms with E-state index in [4.69, 9.17) is 0 Å². The molecule has 7 nitrogen and oxygen atoms in total. The van der Waals surface area contributed by atoms with Crippen LogP contribution < -0.4 is 5.32 Å². The lowest BCUT2D eigenvalue weighted by atomic mass is 10.1. The number of pyridine rings is 1. The summed E-state index contributed by atoms with van der Waals surface area (Å²) in [6, 6.07) is 15.4. The second-order valence-electron chi connectivity index (χ2n) is 6.53. The molecule has 0 saturated heterocycles. The number of thioether (sulfide) groups is 1. The van der Waals surface area contributed by atoms with Crippen molar-refractivity contribution in [3.05, 3.63) is 78.2 Å². The number of carbonyl (C=O) groups excluding carboxylic acids is 1. The van der Waals surface area contributed by atoms with Gasteiger partial charge in [0.05, 0.1) is 5.75 Å². The standard InChI is InChI=1S/C21H20N6OS/c1-15-8-9-17(13-16(15)2)23-19(28)14-29-21-25-24-20(18-7-3-4-10-22-18)27(21)26-11-5-6-12-26/h3-13H,14H2,1-2H3,(H,23,28). The van der Waals surface area contributed by atoms with Gasteiger partial charge in [0, 0.05) is 24.3 Å². The van der Waals surface area contributed by atoms with E-state index in [0.717, 1.165) is 11.3 Å². The smallest absolute Gasteiger partial charge is 0.234 e. The van der Waals surface area contributed by atoms with E-state index in [9.17, 15) is 4.79 Å². The van der Waals surface area contributed by atoms with Crippen molar-refractivity contribution in [2.45, 2.75) is 19.0 Å². The fourth-order valence-electron chi connectivity index (χ4n) is 2.82. The molecular formula is C21H20N6OS. The lowest BCUT2D eigenvalue weighted by Crippen LogP contribution is -2.16. The van der Waals surface area contributed by atoms with Crippen LogP contribution in [-0.2, 0) is 4.79 Å². The topological polar surface area (TPSA) is 77.6 Å².